The Bertz CT molecular complexity index is 1240. The first-order valence-corrected chi connectivity index (χ1v) is 9.04. The Labute approximate surface area is 174 Å². The van der Waals surface area contributed by atoms with Crippen LogP contribution in [0.25, 0.3) is 16.6 Å². The van der Waals surface area contributed by atoms with Gasteiger partial charge >= 0.3 is 12.4 Å². The number of fused-ring (bicyclic) bond motifs is 1. The van der Waals surface area contributed by atoms with E-state index in [0.717, 1.165) is 28.8 Å². The molecule has 0 fully saturated rings. The number of carbonyl (C=O) groups is 1. The number of nitrogens with two attached hydrogens (primary N) is 1. The van der Waals surface area contributed by atoms with Gasteiger partial charge in [0, 0.05) is 29.2 Å². The number of rotatable bonds is 4. The fraction of sp³-hybridized carbons (Fsp3) is 0.0476. The lowest BCUT2D eigenvalue weighted by Gasteiger charge is -2.12. The van der Waals surface area contributed by atoms with Crippen LogP contribution in [0.2, 0.25) is 0 Å². The second-order valence-electron chi connectivity index (χ2n) is 6.54. The van der Waals surface area contributed by atoms with Crippen LogP contribution in [0.1, 0.15) is 0 Å². The summed E-state index contributed by atoms with van der Waals surface area (Å²) in [6.45, 7) is 0. The fourth-order valence-electron chi connectivity index (χ4n) is 3.11. The maximum absolute atomic E-state index is 12.3. The summed E-state index contributed by atoms with van der Waals surface area (Å²) < 4.78 is 42.7. The zero-order chi connectivity index (χ0) is 22.0. The van der Waals surface area contributed by atoms with Gasteiger partial charge in [-0.3, -0.25) is 0 Å². The molecule has 2 amide bonds. The highest BCUT2D eigenvalue weighted by atomic mass is 19.4. The molecule has 4 N–H and O–H groups in total. The van der Waals surface area contributed by atoms with Gasteiger partial charge in [0.05, 0.1) is 5.52 Å². The number of anilines is 3. The van der Waals surface area contributed by atoms with Crippen molar-refractivity contribution in [3.05, 3.63) is 73.2 Å². The van der Waals surface area contributed by atoms with Gasteiger partial charge in [-0.2, -0.15) is 0 Å². The molecule has 7 nitrogen and oxygen atoms in total. The molecule has 31 heavy (non-hydrogen) atoms. The standard InChI is InChI=1S/C21H16F3N5O2/c22-21(23,24)31-16-4-1-3-15(11-16)28-20(30)27-14-8-6-13(7-9-14)17-5-2-10-29-12-26-19(25)18(17)29/h1-12H,25H2,(H2,27,28,30). The van der Waals surface area contributed by atoms with Crippen molar-refractivity contribution in [3.8, 4) is 16.9 Å². The van der Waals surface area contributed by atoms with Crippen LogP contribution in [-0.4, -0.2) is 21.8 Å². The first-order valence-electron chi connectivity index (χ1n) is 9.04. The Hall–Kier alpha value is -4.21. The summed E-state index contributed by atoms with van der Waals surface area (Å²) in [4.78, 5) is 16.3. The van der Waals surface area contributed by atoms with Gasteiger partial charge in [0.2, 0.25) is 0 Å². The molecule has 2 aromatic heterocycles. The number of imidazole rings is 1. The molecule has 0 bridgehead atoms. The van der Waals surface area contributed by atoms with Crippen molar-refractivity contribution < 1.29 is 22.7 Å². The first kappa shape index (κ1) is 20.1. The average molecular weight is 427 g/mol. The lowest BCUT2D eigenvalue weighted by Crippen LogP contribution is -2.20. The number of nitrogens with zero attached hydrogens (tertiary/aromatic N) is 2. The van der Waals surface area contributed by atoms with E-state index in [2.05, 4.69) is 20.4 Å². The first-order chi connectivity index (χ1) is 14.8. The molecule has 0 aliphatic carbocycles. The molecule has 2 heterocycles. The van der Waals surface area contributed by atoms with E-state index in [1.165, 1.54) is 12.1 Å². The lowest BCUT2D eigenvalue weighted by molar-refractivity contribution is -0.274. The van der Waals surface area contributed by atoms with Crippen molar-refractivity contribution >= 4 is 28.7 Å². The van der Waals surface area contributed by atoms with Crippen LogP contribution in [-0.2, 0) is 0 Å². The molecule has 0 aliphatic rings. The number of benzene rings is 2. The number of urea groups is 1. The maximum atomic E-state index is 12.3. The molecule has 4 aromatic rings. The Morgan fingerprint density at radius 2 is 1.74 bits per heavy atom. The van der Waals surface area contributed by atoms with Gasteiger partial charge < -0.3 is 25.5 Å². The molecule has 0 radical (unpaired) electrons. The zero-order valence-electron chi connectivity index (χ0n) is 15.9. The number of pyridine rings is 1. The predicted molar refractivity (Wildman–Crippen MR) is 111 cm³/mol. The van der Waals surface area contributed by atoms with Crippen molar-refractivity contribution in [2.75, 3.05) is 16.4 Å². The topological polar surface area (TPSA) is 93.7 Å². The van der Waals surface area contributed by atoms with Gasteiger partial charge in [-0.15, -0.1) is 13.2 Å². The molecule has 0 unspecified atom stereocenters. The molecular weight excluding hydrogens is 411 g/mol. The van der Waals surface area contributed by atoms with Gasteiger partial charge in [0.1, 0.15) is 17.9 Å². The van der Waals surface area contributed by atoms with Crippen LogP contribution in [0, 0.1) is 0 Å². The highest BCUT2D eigenvalue weighted by molar-refractivity contribution is 6.00. The summed E-state index contributed by atoms with van der Waals surface area (Å²) in [6, 6.07) is 15.2. The number of halogens is 3. The normalized spacial score (nSPS) is 11.3. The van der Waals surface area contributed by atoms with E-state index in [0.29, 0.717) is 11.5 Å². The number of hydrogen-bond donors (Lipinski definition) is 3. The molecule has 158 valence electrons. The van der Waals surface area contributed by atoms with Gasteiger partial charge in [0.15, 0.2) is 0 Å². The summed E-state index contributed by atoms with van der Waals surface area (Å²) in [6.07, 6.45) is -1.34. The van der Waals surface area contributed by atoms with E-state index in [1.54, 1.807) is 18.5 Å². The highest BCUT2D eigenvalue weighted by Crippen LogP contribution is 2.29. The highest BCUT2D eigenvalue weighted by Gasteiger charge is 2.31. The Kier molecular flexibility index (Phi) is 5.12. The maximum Gasteiger partial charge on any atom is 0.573 e. The van der Waals surface area contributed by atoms with E-state index in [1.807, 2.05) is 34.9 Å². The number of ether oxygens (including phenoxy) is 1. The number of hydrogen-bond acceptors (Lipinski definition) is 4. The van der Waals surface area contributed by atoms with E-state index < -0.39 is 18.1 Å². The number of amides is 2. The molecular formula is C21H16F3N5O2. The minimum Gasteiger partial charge on any atom is -0.406 e. The number of nitrogen functional groups attached to an aromatic ring is 1. The monoisotopic (exact) mass is 427 g/mol. The molecule has 2 aromatic carbocycles. The largest absolute Gasteiger partial charge is 0.573 e. The number of alkyl halides is 3. The smallest absolute Gasteiger partial charge is 0.406 e. The summed E-state index contributed by atoms with van der Waals surface area (Å²) in [5, 5.41) is 5.09. The molecule has 0 saturated carbocycles. The summed E-state index contributed by atoms with van der Waals surface area (Å²) in [7, 11) is 0. The zero-order valence-corrected chi connectivity index (χ0v) is 15.9. The van der Waals surface area contributed by atoms with Crippen LogP contribution in [0.5, 0.6) is 5.75 Å². The number of aromatic nitrogens is 2. The second-order valence-corrected chi connectivity index (χ2v) is 6.54. The molecule has 10 heteroatoms. The number of nitrogens with one attached hydrogen (secondary N) is 2. The predicted octanol–water partition coefficient (Wildman–Crippen LogP) is 5.13. The van der Waals surface area contributed by atoms with E-state index in [9.17, 15) is 18.0 Å². The third-order valence-electron chi connectivity index (χ3n) is 4.37. The second kappa shape index (κ2) is 7.90. The van der Waals surface area contributed by atoms with Crippen molar-refractivity contribution in [3.63, 3.8) is 0 Å². The van der Waals surface area contributed by atoms with Gasteiger partial charge in [-0.25, -0.2) is 9.78 Å². The van der Waals surface area contributed by atoms with E-state index in [4.69, 9.17) is 5.73 Å². The minimum absolute atomic E-state index is 0.152. The van der Waals surface area contributed by atoms with Crippen molar-refractivity contribution in [2.45, 2.75) is 6.36 Å². The SMILES string of the molecule is Nc1ncn2cccc(-c3ccc(NC(=O)Nc4cccc(OC(F)(F)F)c4)cc3)c12. The molecule has 0 saturated heterocycles. The van der Waals surface area contributed by atoms with Crippen LogP contribution in [0.15, 0.2) is 73.2 Å². The number of carbonyl (C=O) groups excluding carboxylic acids is 1. The Morgan fingerprint density at radius 1 is 1.00 bits per heavy atom. The fourth-order valence-corrected chi connectivity index (χ4v) is 3.11. The van der Waals surface area contributed by atoms with Crippen LogP contribution in [0.3, 0.4) is 0 Å². The van der Waals surface area contributed by atoms with Gasteiger partial charge in [-0.1, -0.05) is 24.3 Å². The van der Waals surface area contributed by atoms with Crippen molar-refractivity contribution in [1.82, 2.24) is 9.38 Å². The summed E-state index contributed by atoms with van der Waals surface area (Å²) in [5.41, 5.74) is 9.15. The quantitative estimate of drug-likeness (QED) is 0.421. The van der Waals surface area contributed by atoms with Crippen LogP contribution < -0.4 is 21.1 Å². The average Bonchev–Trinajstić information content (AvgIpc) is 3.09. The Morgan fingerprint density at radius 3 is 2.48 bits per heavy atom. The molecule has 0 spiro atoms. The van der Waals surface area contributed by atoms with Gasteiger partial charge in [0.25, 0.3) is 0 Å². The van der Waals surface area contributed by atoms with Crippen LogP contribution in [0.4, 0.5) is 35.2 Å². The van der Waals surface area contributed by atoms with E-state index >= 15 is 0 Å². The third kappa shape index (κ3) is 4.69. The van der Waals surface area contributed by atoms with Crippen molar-refractivity contribution in [1.29, 1.82) is 0 Å². The van der Waals surface area contributed by atoms with Gasteiger partial charge in [-0.05, 0) is 35.9 Å². The molecule has 4 rings (SSSR count). The minimum atomic E-state index is -4.81. The summed E-state index contributed by atoms with van der Waals surface area (Å²) >= 11 is 0. The lowest BCUT2D eigenvalue weighted by atomic mass is 10.1. The van der Waals surface area contributed by atoms with Crippen LogP contribution >= 0.6 is 0 Å². The van der Waals surface area contributed by atoms with Crippen molar-refractivity contribution in [2.24, 2.45) is 0 Å². The summed E-state index contributed by atoms with van der Waals surface area (Å²) in [5.74, 6) is -0.0168. The third-order valence-corrected chi connectivity index (χ3v) is 4.37. The van der Waals surface area contributed by atoms with E-state index in [-0.39, 0.29) is 5.69 Å². The molecule has 0 aliphatic heterocycles. The molecule has 0 atom stereocenters. The Balaban J connectivity index is 1.45.